The highest BCUT2D eigenvalue weighted by Gasteiger charge is 2.05. The van der Waals surface area contributed by atoms with Crippen LogP contribution in [0, 0.1) is 0 Å². The maximum atomic E-state index is 5.96. The van der Waals surface area contributed by atoms with Gasteiger partial charge in [0.1, 0.15) is 6.33 Å². The molecule has 2 nitrogen and oxygen atoms in total. The third-order valence-corrected chi connectivity index (χ3v) is 2.88. The SMILES string of the molecule is Clc1ccc2c(-c3ccccc3)ncnc2c1. The molecule has 0 N–H and O–H groups in total. The van der Waals surface area contributed by atoms with Crippen LogP contribution < -0.4 is 0 Å². The van der Waals surface area contributed by atoms with Crippen molar-refractivity contribution >= 4 is 22.5 Å². The van der Waals surface area contributed by atoms with E-state index in [9.17, 15) is 0 Å². The molecule has 3 aromatic rings. The Morgan fingerprint density at radius 3 is 2.53 bits per heavy atom. The van der Waals surface area contributed by atoms with Gasteiger partial charge in [-0.3, -0.25) is 0 Å². The second kappa shape index (κ2) is 4.15. The van der Waals surface area contributed by atoms with E-state index < -0.39 is 0 Å². The Morgan fingerprint density at radius 1 is 0.882 bits per heavy atom. The molecule has 2 aromatic carbocycles. The fourth-order valence-corrected chi connectivity index (χ4v) is 2.02. The summed E-state index contributed by atoms with van der Waals surface area (Å²) in [6, 6.07) is 15.7. The van der Waals surface area contributed by atoms with Crippen molar-refractivity contribution in [1.29, 1.82) is 0 Å². The van der Waals surface area contributed by atoms with Crippen LogP contribution in [0.1, 0.15) is 0 Å². The summed E-state index contributed by atoms with van der Waals surface area (Å²) in [5.74, 6) is 0. The summed E-state index contributed by atoms with van der Waals surface area (Å²) in [7, 11) is 0. The van der Waals surface area contributed by atoms with Crippen LogP contribution in [-0.2, 0) is 0 Å². The average molecular weight is 241 g/mol. The van der Waals surface area contributed by atoms with Gasteiger partial charge in [-0.15, -0.1) is 0 Å². The minimum Gasteiger partial charge on any atom is -0.236 e. The number of hydrogen-bond donors (Lipinski definition) is 0. The van der Waals surface area contributed by atoms with Crippen LogP contribution in [0.15, 0.2) is 54.9 Å². The molecule has 0 bridgehead atoms. The fraction of sp³-hybridized carbons (Fsp3) is 0. The zero-order valence-electron chi connectivity index (χ0n) is 8.97. The largest absolute Gasteiger partial charge is 0.236 e. The first kappa shape index (κ1) is 10.2. The quantitative estimate of drug-likeness (QED) is 0.644. The minimum atomic E-state index is 0.690. The van der Waals surface area contributed by atoms with Crippen LogP contribution in [-0.4, -0.2) is 9.97 Å². The van der Waals surface area contributed by atoms with Gasteiger partial charge >= 0.3 is 0 Å². The van der Waals surface area contributed by atoms with E-state index in [4.69, 9.17) is 11.6 Å². The van der Waals surface area contributed by atoms with Crippen LogP contribution >= 0.6 is 11.6 Å². The highest BCUT2D eigenvalue weighted by molar-refractivity contribution is 6.31. The first-order valence-electron chi connectivity index (χ1n) is 5.30. The number of benzene rings is 2. The lowest BCUT2D eigenvalue weighted by Crippen LogP contribution is -1.88. The van der Waals surface area contributed by atoms with E-state index in [2.05, 4.69) is 9.97 Å². The Balaban J connectivity index is 2.31. The van der Waals surface area contributed by atoms with Gasteiger partial charge in [-0.2, -0.15) is 0 Å². The van der Waals surface area contributed by atoms with E-state index in [1.165, 1.54) is 0 Å². The molecule has 0 aliphatic heterocycles. The molecule has 1 heterocycles. The van der Waals surface area contributed by atoms with Crippen molar-refractivity contribution in [2.75, 3.05) is 0 Å². The summed E-state index contributed by atoms with van der Waals surface area (Å²) < 4.78 is 0. The predicted octanol–water partition coefficient (Wildman–Crippen LogP) is 3.95. The van der Waals surface area contributed by atoms with Crippen LogP contribution in [0.2, 0.25) is 5.02 Å². The topological polar surface area (TPSA) is 25.8 Å². The summed E-state index contributed by atoms with van der Waals surface area (Å²) in [6.07, 6.45) is 1.57. The number of fused-ring (bicyclic) bond motifs is 1. The molecule has 0 amide bonds. The molecule has 0 saturated heterocycles. The molecule has 0 spiro atoms. The number of halogens is 1. The van der Waals surface area contributed by atoms with Crippen molar-refractivity contribution < 1.29 is 0 Å². The lowest BCUT2D eigenvalue weighted by molar-refractivity contribution is 1.22. The third kappa shape index (κ3) is 1.87. The highest BCUT2D eigenvalue weighted by Crippen LogP contribution is 2.26. The molecule has 3 heteroatoms. The zero-order chi connectivity index (χ0) is 11.7. The van der Waals surface area contributed by atoms with Crippen LogP contribution in [0.5, 0.6) is 0 Å². The normalized spacial score (nSPS) is 10.6. The van der Waals surface area contributed by atoms with Crippen LogP contribution in [0.4, 0.5) is 0 Å². The molecule has 0 unspecified atom stereocenters. The second-order valence-electron chi connectivity index (χ2n) is 3.75. The van der Waals surface area contributed by atoms with E-state index in [1.54, 1.807) is 6.33 Å². The van der Waals surface area contributed by atoms with Gasteiger partial charge < -0.3 is 0 Å². The molecular formula is C14H9ClN2. The number of aromatic nitrogens is 2. The van der Waals surface area contributed by atoms with Crippen molar-refractivity contribution in [3.8, 4) is 11.3 Å². The summed E-state index contributed by atoms with van der Waals surface area (Å²) in [6.45, 7) is 0. The Labute approximate surface area is 104 Å². The average Bonchev–Trinajstić information content (AvgIpc) is 2.39. The van der Waals surface area contributed by atoms with E-state index in [0.29, 0.717) is 5.02 Å². The minimum absolute atomic E-state index is 0.690. The van der Waals surface area contributed by atoms with E-state index in [1.807, 2.05) is 48.5 Å². The molecule has 0 atom stereocenters. The summed E-state index contributed by atoms with van der Waals surface area (Å²) in [5, 5.41) is 1.71. The van der Waals surface area contributed by atoms with Crippen molar-refractivity contribution in [2.24, 2.45) is 0 Å². The van der Waals surface area contributed by atoms with E-state index in [-0.39, 0.29) is 0 Å². The van der Waals surface area contributed by atoms with Gasteiger partial charge in [-0.25, -0.2) is 9.97 Å². The van der Waals surface area contributed by atoms with Gasteiger partial charge in [0.15, 0.2) is 0 Å². The molecule has 0 aliphatic rings. The summed E-state index contributed by atoms with van der Waals surface area (Å²) in [5.41, 5.74) is 2.89. The van der Waals surface area contributed by atoms with Crippen LogP contribution in [0.25, 0.3) is 22.2 Å². The second-order valence-corrected chi connectivity index (χ2v) is 4.19. The predicted molar refractivity (Wildman–Crippen MR) is 70.0 cm³/mol. The van der Waals surface area contributed by atoms with Crippen LogP contribution in [0.3, 0.4) is 0 Å². The summed E-state index contributed by atoms with van der Waals surface area (Å²) in [4.78, 5) is 8.59. The standard InChI is InChI=1S/C14H9ClN2/c15-11-6-7-12-13(8-11)16-9-17-14(12)10-4-2-1-3-5-10/h1-9H. The number of rotatable bonds is 1. The maximum Gasteiger partial charge on any atom is 0.116 e. The van der Waals surface area contributed by atoms with Gasteiger partial charge in [0.05, 0.1) is 11.2 Å². The first-order chi connectivity index (χ1) is 8.34. The molecule has 1 aromatic heterocycles. The molecule has 0 radical (unpaired) electrons. The Kier molecular flexibility index (Phi) is 2.50. The maximum absolute atomic E-state index is 5.96. The Bertz CT molecular complexity index is 665. The van der Waals surface area contributed by atoms with Crippen molar-refractivity contribution in [3.05, 3.63) is 59.9 Å². The van der Waals surface area contributed by atoms with Crippen molar-refractivity contribution in [3.63, 3.8) is 0 Å². The zero-order valence-corrected chi connectivity index (χ0v) is 9.72. The first-order valence-corrected chi connectivity index (χ1v) is 5.68. The molecule has 0 fully saturated rings. The Morgan fingerprint density at radius 2 is 1.71 bits per heavy atom. The molecule has 0 aliphatic carbocycles. The molecular weight excluding hydrogens is 232 g/mol. The van der Waals surface area contributed by atoms with Gasteiger partial charge in [0.25, 0.3) is 0 Å². The number of hydrogen-bond acceptors (Lipinski definition) is 2. The molecule has 82 valence electrons. The third-order valence-electron chi connectivity index (χ3n) is 2.65. The number of nitrogens with zero attached hydrogens (tertiary/aromatic N) is 2. The summed E-state index contributed by atoms with van der Waals surface area (Å²) >= 11 is 5.96. The van der Waals surface area contributed by atoms with Crippen molar-refractivity contribution in [1.82, 2.24) is 9.97 Å². The monoisotopic (exact) mass is 240 g/mol. The highest BCUT2D eigenvalue weighted by atomic mass is 35.5. The van der Waals surface area contributed by atoms with Gasteiger partial charge in [0.2, 0.25) is 0 Å². The van der Waals surface area contributed by atoms with Crippen molar-refractivity contribution in [2.45, 2.75) is 0 Å². The molecule has 0 saturated carbocycles. The van der Waals surface area contributed by atoms with E-state index in [0.717, 1.165) is 22.2 Å². The lowest BCUT2D eigenvalue weighted by Gasteiger charge is -2.04. The smallest absolute Gasteiger partial charge is 0.116 e. The van der Waals surface area contributed by atoms with Gasteiger partial charge in [-0.1, -0.05) is 41.9 Å². The molecule has 17 heavy (non-hydrogen) atoms. The van der Waals surface area contributed by atoms with E-state index >= 15 is 0 Å². The molecule has 3 rings (SSSR count). The lowest BCUT2D eigenvalue weighted by atomic mass is 10.1. The Hall–Kier alpha value is -1.93. The van der Waals surface area contributed by atoms with Gasteiger partial charge in [-0.05, 0) is 18.2 Å². The fourth-order valence-electron chi connectivity index (χ4n) is 1.86. The van der Waals surface area contributed by atoms with Gasteiger partial charge in [0, 0.05) is 16.0 Å².